The van der Waals surface area contributed by atoms with E-state index in [9.17, 15) is 4.39 Å². The summed E-state index contributed by atoms with van der Waals surface area (Å²) in [6.07, 6.45) is 3.23. The summed E-state index contributed by atoms with van der Waals surface area (Å²) in [5.41, 5.74) is 12.2. The number of nitrogens with one attached hydrogen (secondary N) is 1. The Hall–Kier alpha value is -1.95. The van der Waals surface area contributed by atoms with E-state index in [0.717, 1.165) is 0 Å². The number of anilines is 4. The third-order valence-corrected chi connectivity index (χ3v) is 2.62. The molecule has 0 bridgehead atoms. The Morgan fingerprint density at radius 2 is 2.12 bits per heavy atom. The van der Waals surface area contributed by atoms with Crippen molar-refractivity contribution in [1.82, 2.24) is 9.78 Å². The van der Waals surface area contributed by atoms with Gasteiger partial charge in [-0.15, -0.1) is 0 Å². The van der Waals surface area contributed by atoms with Gasteiger partial charge in [-0.05, 0) is 6.07 Å². The van der Waals surface area contributed by atoms with E-state index in [1.54, 1.807) is 24.1 Å². The third-order valence-electron chi connectivity index (χ3n) is 2.24. The van der Waals surface area contributed by atoms with E-state index < -0.39 is 5.82 Å². The Morgan fingerprint density at radius 3 is 2.71 bits per heavy atom. The molecule has 2 aromatic rings. The van der Waals surface area contributed by atoms with E-state index >= 15 is 0 Å². The van der Waals surface area contributed by atoms with Crippen LogP contribution in [0.5, 0.6) is 0 Å². The van der Waals surface area contributed by atoms with Crippen LogP contribution in [0.1, 0.15) is 0 Å². The number of aryl methyl sites for hydroxylation is 1. The third kappa shape index (κ3) is 2.12. The van der Waals surface area contributed by atoms with Crippen LogP contribution in [0.15, 0.2) is 18.5 Å². The monoisotopic (exact) mass is 255 g/mol. The second-order valence-electron chi connectivity index (χ2n) is 3.59. The first-order valence-corrected chi connectivity index (χ1v) is 5.15. The topological polar surface area (TPSA) is 81.9 Å². The van der Waals surface area contributed by atoms with Crippen molar-refractivity contribution in [2.24, 2.45) is 7.05 Å². The Kier molecular flexibility index (Phi) is 2.81. The lowest BCUT2D eigenvalue weighted by Crippen LogP contribution is -2.02. The van der Waals surface area contributed by atoms with Gasteiger partial charge < -0.3 is 16.8 Å². The summed E-state index contributed by atoms with van der Waals surface area (Å²) in [7, 11) is 1.75. The summed E-state index contributed by atoms with van der Waals surface area (Å²) in [6.45, 7) is 0. The maximum Gasteiger partial charge on any atom is 0.169 e. The fraction of sp³-hybridized carbons (Fsp3) is 0.100. The van der Waals surface area contributed by atoms with Gasteiger partial charge in [-0.2, -0.15) is 5.10 Å². The van der Waals surface area contributed by atoms with E-state index in [1.807, 2.05) is 0 Å². The standard InChI is InChI=1S/C10H11ClFN5/c1-17-4-5(3-15-17)16-10-7(14)2-6(13)8(11)9(10)12/h2-4,16H,13-14H2,1H3. The molecule has 0 amide bonds. The van der Waals surface area contributed by atoms with Gasteiger partial charge in [0.25, 0.3) is 0 Å². The minimum Gasteiger partial charge on any atom is -0.397 e. The van der Waals surface area contributed by atoms with E-state index in [2.05, 4.69) is 10.4 Å². The summed E-state index contributed by atoms with van der Waals surface area (Å²) in [4.78, 5) is 0. The highest BCUT2D eigenvalue weighted by molar-refractivity contribution is 6.33. The van der Waals surface area contributed by atoms with Gasteiger partial charge in [0.2, 0.25) is 0 Å². The number of nitrogens with two attached hydrogens (primary N) is 2. The van der Waals surface area contributed by atoms with Gasteiger partial charge in [-0.25, -0.2) is 4.39 Å². The fourth-order valence-corrected chi connectivity index (χ4v) is 1.57. The van der Waals surface area contributed by atoms with Crippen molar-refractivity contribution in [2.75, 3.05) is 16.8 Å². The molecule has 0 aliphatic heterocycles. The first-order valence-electron chi connectivity index (χ1n) is 4.77. The van der Waals surface area contributed by atoms with E-state index in [0.29, 0.717) is 5.69 Å². The largest absolute Gasteiger partial charge is 0.397 e. The molecule has 7 heteroatoms. The molecule has 17 heavy (non-hydrogen) atoms. The van der Waals surface area contributed by atoms with Gasteiger partial charge in [0.1, 0.15) is 5.02 Å². The molecule has 0 unspecified atom stereocenters. The van der Waals surface area contributed by atoms with Gasteiger partial charge in [0.05, 0.1) is 28.9 Å². The molecular weight excluding hydrogens is 245 g/mol. The van der Waals surface area contributed by atoms with E-state index in [-0.39, 0.29) is 22.1 Å². The molecule has 0 aliphatic rings. The smallest absolute Gasteiger partial charge is 0.169 e. The molecule has 1 aromatic carbocycles. The maximum absolute atomic E-state index is 13.8. The second kappa shape index (κ2) is 4.14. The summed E-state index contributed by atoms with van der Waals surface area (Å²) < 4.78 is 15.4. The molecule has 5 nitrogen and oxygen atoms in total. The molecule has 2 rings (SSSR count). The highest BCUT2D eigenvalue weighted by Crippen LogP contribution is 2.35. The van der Waals surface area contributed by atoms with Crippen LogP contribution in [0.25, 0.3) is 0 Å². The molecule has 1 aromatic heterocycles. The first kappa shape index (κ1) is 11.5. The minimum atomic E-state index is -0.673. The average molecular weight is 256 g/mol. The lowest BCUT2D eigenvalue weighted by atomic mass is 10.2. The molecular formula is C10H11ClFN5. The Labute approximate surface area is 102 Å². The zero-order chi connectivity index (χ0) is 12.6. The van der Waals surface area contributed by atoms with Crippen LogP contribution < -0.4 is 16.8 Å². The zero-order valence-corrected chi connectivity index (χ0v) is 9.79. The molecule has 0 aliphatic carbocycles. The van der Waals surface area contributed by atoms with Crippen LogP contribution >= 0.6 is 11.6 Å². The first-order chi connectivity index (χ1) is 7.99. The SMILES string of the molecule is Cn1cc(Nc2c(N)cc(N)c(Cl)c2F)cn1. The normalized spacial score (nSPS) is 10.5. The van der Waals surface area contributed by atoms with Crippen molar-refractivity contribution in [3.63, 3.8) is 0 Å². The maximum atomic E-state index is 13.8. The predicted octanol–water partition coefficient (Wildman–Crippen LogP) is 2.12. The average Bonchev–Trinajstić information content (AvgIpc) is 2.67. The van der Waals surface area contributed by atoms with Gasteiger partial charge in [0, 0.05) is 13.2 Å². The molecule has 0 atom stereocenters. The van der Waals surface area contributed by atoms with Crippen molar-refractivity contribution in [3.8, 4) is 0 Å². The number of nitrogen functional groups attached to an aromatic ring is 2. The van der Waals surface area contributed by atoms with Crippen LogP contribution in [0, 0.1) is 5.82 Å². The number of hydrogen-bond donors (Lipinski definition) is 3. The summed E-state index contributed by atoms with van der Waals surface area (Å²) >= 11 is 5.71. The van der Waals surface area contributed by atoms with Crippen molar-refractivity contribution in [3.05, 3.63) is 29.3 Å². The fourth-order valence-electron chi connectivity index (χ4n) is 1.42. The number of nitrogens with zero attached hydrogens (tertiary/aromatic N) is 2. The van der Waals surface area contributed by atoms with Gasteiger partial charge in [-0.1, -0.05) is 11.6 Å². The Morgan fingerprint density at radius 1 is 1.41 bits per heavy atom. The molecule has 1 heterocycles. The molecule has 0 saturated carbocycles. The number of rotatable bonds is 2. The zero-order valence-electron chi connectivity index (χ0n) is 9.04. The predicted molar refractivity (Wildman–Crippen MR) is 66.7 cm³/mol. The van der Waals surface area contributed by atoms with Gasteiger partial charge in [-0.3, -0.25) is 4.68 Å². The van der Waals surface area contributed by atoms with Crippen molar-refractivity contribution in [2.45, 2.75) is 0 Å². The quantitative estimate of drug-likeness (QED) is 0.718. The van der Waals surface area contributed by atoms with Crippen LogP contribution in [0.2, 0.25) is 5.02 Å². The molecule has 0 spiro atoms. The van der Waals surface area contributed by atoms with Crippen LogP contribution in [0.4, 0.5) is 27.1 Å². The van der Waals surface area contributed by atoms with Crippen LogP contribution in [-0.4, -0.2) is 9.78 Å². The molecule has 0 fully saturated rings. The van der Waals surface area contributed by atoms with E-state index in [1.165, 1.54) is 6.07 Å². The Bertz CT molecular complexity index is 566. The second-order valence-corrected chi connectivity index (χ2v) is 3.96. The van der Waals surface area contributed by atoms with E-state index in [4.69, 9.17) is 23.1 Å². The molecule has 0 radical (unpaired) electrons. The van der Waals surface area contributed by atoms with Crippen molar-refractivity contribution >= 4 is 34.4 Å². The molecule has 0 saturated heterocycles. The lowest BCUT2D eigenvalue weighted by molar-refractivity contribution is 0.633. The summed E-state index contributed by atoms with van der Waals surface area (Å²) in [6, 6.07) is 1.41. The lowest BCUT2D eigenvalue weighted by Gasteiger charge is -2.11. The number of hydrogen-bond acceptors (Lipinski definition) is 4. The minimum absolute atomic E-state index is 0.0946. The number of benzene rings is 1. The summed E-state index contributed by atoms with van der Waals surface area (Å²) in [5.74, 6) is -0.673. The highest BCUT2D eigenvalue weighted by atomic mass is 35.5. The molecule has 5 N–H and O–H groups in total. The van der Waals surface area contributed by atoms with Gasteiger partial charge >= 0.3 is 0 Å². The highest BCUT2D eigenvalue weighted by Gasteiger charge is 2.14. The Balaban J connectivity index is 2.42. The van der Waals surface area contributed by atoms with Crippen molar-refractivity contribution < 1.29 is 4.39 Å². The number of halogens is 2. The van der Waals surface area contributed by atoms with Crippen LogP contribution in [-0.2, 0) is 7.05 Å². The van der Waals surface area contributed by atoms with Crippen LogP contribution in [0.3, 0.4) is 0 Å². The van der Waals surface area contributed by atoms with Gasteiger partial charge in [0.15, 0.2) is 5.82 Å². The van der Waals surface area contributed by atoms with Crippen molar-refractivity contribution in [1.29, 1.82) is 0 Å². The number of aromatic nitrogens is 2. The molecule has 90 valence electrons. The summed E-state index contributed by atoms with van der Waals surface area (Å²) in [5, 5.41) is 6.60.